The van der Waals surface area contributed by atoms with E-state index in [9.17, 15) is 5.11 Å². The van der Waals surface area contributed by atoms with Crippen LogP contribution in [0.5, 0.6) is 0 Å². The molecule has 1 aromatic carbocycles. The van der Waals surface area contributed by atoms with E-state index in [0.717, 1.165) is 19.6 Å². The largest absolute Gasteiger partial charge is 0.390 e. The summed E-state index contributed by atoms with van der Waals surface area (Å²) in [5.41, 5.74) is 1.22. The summed E-state index contributed by atoms with van der Waals surface area (Å²) < 4.78 is 11.8. The van der Waals surface area contributed by atoms with Crippen LogP contribution in [-0.4, -0.2) is 60.3 Å². The molecule has 120 valence electrons. The number of aliphatic hydroxyl groups excluding tert-OH is 1. The molecule has 5 nitrogen and oxygen atoms in total. The van der Waals surface area contributed by atoms with Gasteiger partial charge in [-0.15, -0.1) is 0 Å². The number of rotatable bonds is 4. The van der Waals surface area contributed by atoms with Gasteiger partial charge in [0.15, 0.2) is 6.29 Å². The molecule has 0 unspecified atom stereocenters. The second-order valence-electron chi connectivity index (χ2n) is 6.49. The second-order valence-corrected chi connectivity index (χ2v) is 6.49. The standard InChI is InChI=1S/C17H24N2O3/c20-16-14(18-10-12-6-2-1-3-7-12)13-11-21-17(22-13)15(16)19-8-4-5-9-19/h1-3,6-7,13-18,20H,4-5,8-11H2/t13-,14-,15+,16-,17+/m0/s1. The predicted octanol–water partition coefficient (Wildman–Crippen LogP) is 0.725. The van der Waals surface area contributed by atoms with E-state index in [1.807, 2.05) is 18.2 Å². The molecular formula is C17H24N2O3. The average molecular weight is 304 g/mol. The van der Waals surface area contributed by atoms with Gasteiger partial charge in [-0.3, -0.25) is 4.90 Å². The lowest BCUT2D eigenvalue weighted by molar-refractivity contribution is -0.179. The maximum Gasteiger partial charge on any atom is 0.176 e. The molecule has 4 rings (SSSR count). The molecule has 3 aliphatic rings. The highest BCUT2D eigenvalue weighted by Crippen LogP contribution is 2.33. The molecule has 2 bridgehead atoms. The van der Waals surface area contributed by atoms with E-state index >= 15 is 0 Å². The van der Waals surface area contributed by atoms with E-state index in [4.69, 9.17) is 9.47 Å². The molecule has 3 heterocycles. The fourth-order valence-corrected chi connectivity index (χ4v) is 3.91. The highest BCUT2D eigenvalue weighted by molar-refractivity contribution is 5.15. The summed E-state index contributed by atoms with van der Waals surface area (Å²) in [4.78, 5) is 2.33. The smallest absolute Gasteiger partial charge is 0.176 e. The Kier molecular flexibility index (Phi) is 4.15. The van der Waals surface area contributed by atoms with Crippen molar-refractivity contribution in [1.29, 1.82) is 0 Å². The van der Waals surface area contributed by atoms with Crippen molar-refractivity contribution in [1.82, 2.24) is 10.2 Å². The van der Waals surface area contributed by atoms with Gasteiger partial charge in [-0.25, -0.2) is 0 Å². The van der Waals surface area contributed by atoms with Crippen molar-refractivity contribution in [2.75, 3.05) is 19.7 Å². The minimum Gasteiger partial charge on any atom is -0.390 e. The zero-order chi connectivity index (χ0) is 14.9. The number of nitrogens with zero attached hydrogens (tertiary/aromatic N) is 1. The molecule has 0 aliphatic carbocycles. The van der Waals surface area contributed by atoms with E-state index in [-0.39, 0.29) is 24.5 Å². The molecular weight excluding hydrogens is 280 g/mol. The van der Waals surface area contributed by atoms with Crippen LogP contribution < -0.4 is 5.32 Å². The molecule has 0 aromatic heterocycles. The first-order chi connectivity index (χ1) is 10.8. The molecule has 0 saturated carbocycles. The van der Waals surface area contributed by atoms with Gasteiger partial charge >= 0.3 is 0 Å². The Morgan fingerprint density at radius 2 is 1.95 bits per heavy atom. The number of hydrogen-bond acceptors (Lipinski definition) is 5. The number of likely N-dealkylation sites (tertiary alicyclic amines) is 1. The molecule has 5 atom stereocenters. The summed E-state index contributed by atoms with van der Waals surface area (Å²) in [6.07, 6.45) is 1.62. The Morgan fingerprint density at radius 3 is 2.73 bits per heavy atom. The Labute approximate surface area is 131 Å². The van der Waals surface area contributed by atoms with Crippen LogP contribution in [0.1, 0.15) is 18.4 Å². The first kappa shape index (κ1) is 14.6. The third-order valence-electron chi connectivity index (χ3n) is 5.08. The number of nitrogens with one attached hydrogen (secondary N) is 1. The van der Waals surface area contributed by atoms with Crippen molar-refractivity contribution in [3.05, 3.63) is 35.9 Å². The van der Waals surface area contributed by atoms with Crippen molar-refractivity contribution in [2.24, 2.45) is 0 Å². The normalized spacial score (nSPS) is 38.5. The van der Waals surface area contributed by atoms with Crippen LogP contribution in [0.25, 0.3) is 0 Å². The van der Waals surface area contributed by atoms with Crippen LogP contribution in [-0.2, 0) is 16.0 Å². The fraction of sp³-hybridized carbons (Fsp3) is 0.647. The number of ether oxygens (including phenoxy) is 2. The van der Waals surface area contributed by atoms with E-state index in [2.05, 4.69) is 22.3 Å². The maximum absolute atomic E-state index is 10.9. The molecule has 0 amide bonds. The lowest BCUT2D eigenvalue weighted by Gasteiger charge is -2.42. The zero-order valence-electron chi connectivity index (χ0n) is 12.7. The molecule has 3 fully saturated rings. The maximum atomic E-state index is 10.9. The molecule has 5 heteroatoms. The lowest BCUT2D eigenvalue weighted by atomic mass is 9.95. The van der Waals surface area contributed by atoms with Crippen molar-refractivity contribution in [2.45, 2.75) is 50.0 Å². The molecule has 0 spiro atoms. The van der Waals surface area contributed by atoms with Crippen LogP contribution in [0.2, 0.25) is 0 Å². The topological polar surface area (TPSA) is 54.0 Å². The van der Waals surface area contributed by atoms with Gasteiger partial charge in [0.05, 0.1) is 24.8 Å². The minimum atomic E-state index is -0.451. The van der Waals surface area contributed by atoms with Crippen molar-refractivity contribution >= 4 is 0 Å². The van der Waals surface area contributed by atoms with Gasteiger partial charge in [0.2, 0.25) is 0 Å². The summed E-state index contributed by atoms with van der Waals surface area (Å²) >= 11 is 0. The van der Waals surface area contributed by atoms with Crippen LogP contribution in [0.15, 0.2) is 30.3 Å². The van der Waals surface area contributed by atoms with E-state index in [1.54, 1.807) is 0 Å². The van der Waals surface area contributed by atoms with Gasteiger partial charge in [-0.1, -0.05) is 30.3 Å². The molecule has 1 aromatic rings. The summed E-state index contributed by atoms with van der Waals surface area (Å²) in [5.74, 6) is 0. The fourth-order valence-electron chi connectivity index (χ4n) is 3.91. The van der Waals surface area contributed by atoms with E-state index < -0.39 is 6.10 Å². The second kappa shape index (κ2) is 6.26. The molecule has 0 radical (unpaired) electrons. The summed E-state index contributed by atoms with van der Waals surface area (Å²) in [7, 11) is 0. The van der Waals surface area contributed by atoms with Crippen LogP contribution in [0.4, 0.5) is 0 Å². The summed E-state index contributed by atoms with van der Waals surface area (Å²) in [5, 5.41) is 14.4. The predicted molar refractivity (Wildman–Crippen MR) is 82.3 cm³/mol. The highest BCUT2D eigenvalue weighted by atomic mass is 16.7. The number of hydrogen-bond donors (Lipinski definition) is 2. The molecule has 3 saturated heterocycles. The Morgan fingerprint density at radius 1 is 1.18 bits per heavy atom. The van der Waals surface area contributed by atoms with E-state index in [0.29, 0.717) is 6.61 Å². The highest BCUT2D eigenvalue weighted by Gasteiger charge is 2.52. The average Bonchev–Trinajstić information content (AvgIpc) is 3.20. The zero-order valence-corrected chi connectivity index (χ0v) is 12.7. The van der Waals surface area contributed by atoms with Crippen LogP contribution in [0, 0.1) is 0 Å². The number of fused-ring (bicyclic) bond motifs is 2. The summed E-state index contributed by atoms with van der Waals surface area (Å²) in [6, 6.07) is 10.1. The quantitative estimate of drug-likeness (QED) is 0.859. The monoisotopic (exact) mass is 304 g/mol. The Bertz CT molecular complexity index is 490. The first-order valence-electron chi connectivity index (χ1n) is 8.29. The van der Waals surface area contributed by atoms with Gasteiger partial charge in [0.1, 0.15) is 6.10 Å². The van der Waals surface area contributed by atoms with Gasteiger partial charge in [-0.05, 0) is 31.5 Å². The molecule has 3 aliphatic heterocycles. The van der Waals surface area contributed by atoms with Gasteiger partial charge in [0, 0.05) is 6.54 Å². The Balaban J connectivity index is 1.46. The number of aliphatic hydroxyl groups is 1. The first-order valence-corrected chi connectivity index (χ1v) is 8.29. The Hall–Kier alpha value is -0.980. The van der Waals surface area contributed by atoms with Crippen molar-refractivity contribution < 1.29 is 14.6 Å². The molecule has 2 N–H and O–H groups in total. The minimum absolute atomic E-state index is 0.0467. The SMILES string of the molecule is O[C@H]1[C@@H](NCc2ccccc2)[C@@H]2CO[C@H](O2)[C@@H]1N1CCCC1. The van der Waals surface area contributed by atoms with Crippen LogP contribution >= 0.6 is 0 Å². The third-order valence-corrected chi connectivity index (χ3v) is 5.08. The van der Waals surface area contributed by atoms with Crippen LogP contribution in [0.3, 0.4) is 0 Å². The van der Waals surface area contributed by atoms with Crippen molar-refractivity contribution in [3.8, 4) is 0 Å². The summed E-state index contributed by atoms with van der Waals surface area (Å²) in [6.45, 7) is 3.36. The van der Waals surface area contributed by atoms with E-state index in [1.165, 1.54) is 18.4 Å². The third kappa shape index (κ3) is 2.68. The van der Waals surface area contributed by atoms with Gasteiger partial charge < -0.3 is 19.9 Å². The van der Waals surface area contributed by atoms with Gasteiger partial charge in [0.25, 0.3) is 0 Å². The van der Waals surface area contributed by atoms with Crippen molar-refractivity contribution in [3.63, 3.8) is 0 Å². The lowest BCUT2D eigenvalue weighted by Crippen LogP contribution is -2.63. The van der Waals surface area contributed by atoms with Gasteiger partial charge in [-0.2, -0.15) is 0 Å². The number of benzene rings is 1. The molecule has 22 heavy (non-hydrogen) atoms.